The van der Waals surface area contributed by atoms with E-state index in [2.05, 4.69) is 46.4 Å². The van der Waals surface area contributed by atoms with Crippen molar-refractivity contribution in [3.63, 3.8) is 0 Å². The molecule has 0 aliphatic carbocycles. The second kappa shape index (κ2) is 13.5. The fraction of sp³-hybridized carbons (Fsp3) is 0.583. The van der Waals surface area contributed by atoms with Crippen LogP contribution in [0.15, 0.2) is 47.5 Å². The number of piperidine rings is 1. The van der Waals surface area contributed by atoms with Crippen molar-refractivity contribution in [1.29, 1.82) is 0 Å². The number of ether oxygens (including phenoxy) is 1. The first-order valence-corrected chi connectivity index (χ1v) is 16.7. The highest BCUT2D eigenvalue weighted by atomic mass is 35.5. The standard InChI is InChI=1S/C36H49Cl2N3O3/c1-24(2)44-33(43)26-11-9-25(10-12-26)30(13-14-34(3,4)5)41-32(42)31(27-21-28(37)23-29(38)22-27)39-36(41)16-19-40(20-17-36)18-15-35(6,7)8/h9-12,21-24,30H,13-20H2,1-8H3/t30-/m1/s1. The average Bonchev–Trinajstić information content (AvgIpc) is 3.18. The van der Waals surface area contributed by atoms with Gasteiger partial charge < -0.3 is 14.5 Å². The molecule has 1 atom stereocenters. The monoisotopic (exact) mass is 641 g/mol. The molecule has 240 valence electrons. The molecule has 6 nitrogen and oxygen atoms in total. The van der Waals surface area contributed by atoms with Crippen molar-refractivity contribution in [2.24, 2.45) is 15.8 Å². The Morgan fingerprint density at radius 3 is 2.02 bits per heavy atom. The number of benzene rings is 2. The van der Waals surface area contributed by atoms with E-state index < -0.39 is 5.66 Å². The van der Waals surface area contributed by atoms with Gasteiger partial charge in [0.05, 0.1) is 17.7 Å². The van der Waals surface area contributed by atoms with Crippen molar-refractivity contribution >= 4 is 40.8 Å². The summed E-state index contributed by atoms with van der Waals surface area (Å²) in [4.78, 5) is 37.0. The van der Waals surface area contributed by atoms with E-state index in [1.165, 1.54) is 0 Å². The average molecular weight is 643 g/mol. The van der Waals surface area contributed by atoms with Crippen molar-refractivity contribution in [2.75, 3.05) is 19.6 Å². The number of halogens is 2. The molecule has 1 spiro atoms. The summed E-state index contributed by atoms with van der Waals surface area (Å²) < 4.78 is 5.42. The summed E-state index contributed by atoms with van der Waals surface area (Å²) >= 11 is 12.8. The Bertz CT molecular complexity index is 1340. The number of carbonyl (C=O) groups excluding carboxylic acids is 2. The lowest BCUT2D eigenvalue weighted by Crippen LogP contribution is -2.55. The molecule has 2 aliphatic rings. The van der Waals surface area contributed by atoms with E-state index in [9.17, 15) is 9.59 Å². The second-order valence-corrected chi connectivity index (χ2v) is 16.0. The van der Waals surface area contributed by atoms with Gasteiger partial charge in [0, 0.05) is 41.5 Å². The smallest absolute Gasteiger partial charge is 0.338 e. The maximum Gasteiger partial charge on any atom is 0.338 e. The number of aliphatic imine (C=N–C) groups is 1. The predicted molar refractivity (Wildman–Crippen MR) is 181 cm³/mol. The molecule has 44 heavy (non-hydrogen) atoms. The summed E-state index contributed by atoms with van der Waals surface area (Å²) in [6, 6.07) is 12.6. The van der Waals surface area contributed by atoms with Crippen molar-refractivity contribution in [1.82, 2.24) is 9.80 Å². The minimum Gasteiger partial charge on any atom is -0.459 e. The van der Waals surface area contributed by atoms with E-state index in [1.54, 1.807) is 18.2 Å². The van der Waals surface area contributed by atoms with Crippen LogP contribution in [0.2, 0.25) is 10.0 Å². The molecular weight excluding hydrogens is 593 g/mol. The number of rotatable bonds is 9. The summed E-state index contributed by atoms with van der Waals surface area (Å²) in [5.41, 5.74) is 2.18. The Kier molecular flexibility index (Phi) is 10.6. The molecule has 2 aromatic rings. The normalized spacial score (nSPS) is 18.2. The molecule has 4 rings (SSSR count). The molecule has 2 heterocycles. The third-order valence-corrected chi connectivity index (χ3v) is 8.95. The molecule has 1 saturated heterocycles. The van der Waals surface area contributed by atoms with E-state index in [0.29, 0.717) is 26.9 Å². The van der Waals surface area contributed by atoms with Crippen LogP contribution in [-0.2, 0) is 9.53 Å². The Morgan fingerprint density at radius 1 is 0.932 bits per heavy atom. The van der Waals surface area contributed by atoms with Crippen LogP contribution in [0.4, 0.5) is 0 Å². The lowest BCUT2D eigenvalue weighted by molar-refractivity contribution is -0.133. The fourth-order valence-electron chi connectivity index (χ4n) is 6.04. The highest BCUT2D eigenvalue weighted by molar-refractivity contribution is 6.47. The van der Waals surface area contributed by atoms with Gasteiger partial charge in [-0.3, -0.25) is 9.79 Å². The van der Waals surface area contributed by atoms with Crippen LogP contribution in [0.5, 0.6) is 0 Å². The molecule has 0 saturated carbocycles. The van der Waals surface area contributed by atoms with E-state index in [0.717, 1.165) is 57.3 Å². The highest BCUT2D eigenvalue weighted by Gasteiger charge is 2.52. The summed E-state index contributed by atoms with van der Waals surface area (Å²) in [6.45, 7) is 19.9. The molecular formula is C36H49Cl2N3O3. The van der Waals surface area contributed by atoms with Crippen molar-refractivity contribution < 1.29 is 14.3 Å². The van der Waals surface area contributed by atoms with Crippen molar-refractivity contribution in [3.8, 4) is 0 Å². The van der Waals surface area contributed by atoms with Gasteiger partial charge in [-0.2, -0.15) is 0 Å². The van der Waals surface area contributed by atoms with Gasteiger partial charge in [0.25, 0.3) is 5.91 Å². The van der Waals surface area contributed by atoms with Gasteiger partial charge >= 0.3 is 5.97 Å². The number of nitrogens with zero attached hydrogens (tertiary/aromatic N) is 3. The third kappa shape index (κ3) is 8.64. The lowest BCUT2D eigenvalue weighted by atomic mass is 9.84. The first-order chi connectivity index (χ1) is 20.5. The first kappa shape index (κ1) is 34.5. The summed E-state index contributed by atoms with van der Waals surface area (Å²) in [6.07, 6.45) is 4.06. The Hall–Kier alpha value is -2.41. The van der Waals surface area contributed by atoms with Gasteiger partial charge in [0.1, 0.15) is 11.4 Å². The topological polar surface area (TPSA) is 62.2 Å². The molecule has 2 aromatic carbocycles. The van der Waals surface area contributed by atoms with Crippen LogP contribution in [0, 0.1) is 10.8 Å². The van der Waals surface area contributed by atoms with E-state index in [-0.39, 0.29) is 34.9 Å². The predicted octanol–water partition coefficient (Wildman–Crippen LogP) is 8.99. The number of likely N-dealkylation sites (tertiary alicyclic amines) is 1. The van der Waals surface area contributed by atoms with Gasteiger partial charge in [0.2, 0.25) is 0 Å². The largest absolute Gasteiger partial charge is 0.459 e. The minimum absolute atomic E-state index is 0.0652. The van der Waals surface area contributed by atoms with Gasteiger partial charge in [-0.05, 0) is 86.4 Å². The van der Waals surface area contributed by atoms with Gasteiger partial charge in [-0.25, -0.2) is 4.79 Å². The van der Waals surface area contributed by atoms with Crippen molar-refractivity contribution in [2.45, 2.75) is 105 Å². The zero-order chi connectivity index (χ0) is 32.4. The number of amides is 1. The number of hydrogen-bond acceptors (Lipinski definition) is 5. The maximum absolute atomic E-state index is 14.6. The zero-order valence-corrected chi connectivity index (χ0v) is 29.2. The van der Waals surface area contributed by atoms with E-state index >= 15 is 0 Å². The first-order valence-electron chi connectivity index (χ1n) is 15.9. The zero-order valence-electron chi connectivity index (χ0n) is 27.7. The van der Waals surface area contributed by atoms with Crippen LogP contribution in [0.3, 0.4) is 0 Å². The van der Waals surface area contributed by atoms with Crippen LogP contribution in [-0.4, -0.2) is 58.8 Å². The Morgan fingerprint density at radius 2 is 1.50 bits per heavy atom. The Balaban J connectivity index is 1.75. The van der Waals surface area contributed by atoms with Gasteiger partial charge in [0.15, 0.2) is 0 Å². The Labute approximate surface area is 274 Å². The van der Waals surface area contributed by atoms with Gasteiger partial charge in [-0.15, -0.1) is 0 Å². The molecule has 1 amide bonds. The van der Waals surface area contributed by atoms with E-state index in [1.807, 2.05) is 43.0 Å². The number of hydrogen-bond donors (Lipinski definition) is 0. The number of carbonyl (C=O) groups is 2. The molecule has 0 bridgehead atoms. The minimum atomic E-state index is -0.683. The number of esters is 1. The third-order valence-electron chi connectivity index (χ3n) is 8.51. The summed E-state index contributed by atoms with van der Waals surface area (Å²) in [5.74, 6) is -0.453. The fourth-order valence-corrected chi connectivity index (χ4v) is 6.57. The van der Waals surface area contributed by atoms with Crippen LogP contribution in [0.25, 0.3) is 0 Å². The van der Waals surface area contributed by atoms with Crippen LogP contribution < -0.4 is 0 Å². The summed E-state index contributed by atoms with van der Waals surface area (Å²) in [5, 5.41) is 0.946. The quantitative estimate of drug-likeness (QED) is 0.256. The van der Waals surface area contributed by atoms with Crippen LogP contribution in [0.1, 0.15) is 115 Å². The lowest BCUT2D eigenvalue weighted by Gasteiger charge is -2.47. The molecule has 2 aliphatic heterocycles. The highest BCUT2D eigenvalue weighted by Crippen LogP contribution is 2.45. The molecule has 8 heteroatoms. The molecule has 0 N–H and O–H groups in total. The second-order valence-electron chi connectivity index (χ2n) is 15.1. The molecule has 0 aromatic heterocycles. The maximum atomic E-state index is 14.6. The van der Waals surface area contributed by atoms with Gasteiger partial charge in [-0.1, -0.05) is 76.9 Å². The SMILES string of the molecule is CC(C)OC(=O)c1ccc([C@@H](CCC(C)(C)C)N2C(=O)C(c3cc(Cl)cc(Cl)c3)=NC23CCN(CCC(C)(C)C)CC3)cc1. The van der Waals surface area contributed by atoms with E-state index in [4.69, 9.17) is 32.9 Å². The van der Waals surface area contributed by atoms with Crippen LogP contribution >= 0.6 is 23.2 Å². The molecule has 0 unspecified atom stereocenters. The molecule has 1 fully saturated rings. The summed E-state index contributed by atoms with van der Waals surface area (Å²) in [7, 11) is 0. The van der Waals surface area contributed by atoms with Crippen molar-refractivity contribution in [3.05, 3.63) is 69.2 Å². The molecule has 0 radical (unpaired) electrons.